The van der Waals surface area contributed by atoms with Crippen LogP contribution in [0.25, 0.3) is 0 Å². The molecule has 2 atom stereocenters. The lowest BCUT2D eigenvalue weighted by molar-refractivity contribution is -0.150. The minimum absolute atomic E-state index is 0.00805. The Morgan fingerprint density at radius 3 is 2.33 bits per heavy atom. The number of carbonyl (C=O) groups is 3. The van der Waals surface area contributed by atoms with Crippen LogP contribution in [0.2, 0.25) is 0 Å². The maximum absolute atomic E-state index is 12.3. The van der Waals surface area contributed by atoms with Gasteiger partial charge in [-0.2, -0.15) is 0 Å². The normalized spacial score (nSPS) is 21.9. The average Bonchev–Trinajstić information content (AvgIpc) is 2.45. The van der Waals surface area contributed by atoms with Gasteiger partial charge in [0.15, 0.2) is 5.78 Å². The molecule has 0 N–H and O–H groups in total. The van der Waals surface area contributed by atoms with Gasteiger partial charge in [-0.25, -0.2) is 4.79 Å². The number of Topliss-reactive ketones (excluding diaryl/α,β-unsaturated/α-hetero) is 1. The summed E-state index contributed by atoms with van der Waals surface area (Å²) in [4.78, 5) is 36.0. The van der Waals surface area contributed by atoms with Crippen LogP contribution in [0.4, 0.5) is 0 Å². The van der Waals surface area contributed by atoms with E-state index in [9.17, 15) is 14.4 Å². The van der Waals surface area contributed by atoms with Crippen molar-refractivity contribution in [2.75, 3.05) is 14.2 Å². The molecule has 0 heterocycles. The molecule has 1 unspecified atom stereocenters. The Labute approximate surface area is 125 Å². The molecule has 116 valence electrons. The van der Waals surface area contributed by atoms with Gasteiger partial charge in [0.25, 0.3) is 0 Å². The van der Waals surface area contributed by atoms with Crippen LogP contribution in [0.5, 0.6) is 0 Å². The minimum atomic E-state index is -0.927. The van der Waals surface area contributed by atoms with Crippen LogP contribution in [0.15, 0.2) is 22.8 Å². The lowest BCUT2D eigenvalue weighted by Gasteiger charge is -2.28. The molecule has 0 aromatic rings. The monoisotopic (exact) mass is 294 g/mol. The molecule has 0 aliphatic heterocycles. The van der Waals surface area contributed by atoms with E-state index in [-0.39, 0.29) is 11.5 Å². The highest BCUT2D eigenvalue weighted by Gasteiger charge is 2.41. The third-order valence-corrected chi connectivity index (χ3v) is 3.78. The van der Waals surface area contributed by atoms with Crippen LogP contribution >= 0.6 is 0 Å². The predicted molar refractivity (Wildman–Crippen MR) is 77.4 cm³/mol. The fraction of sp³-hybridized carbons (Fsp3) is 0.562. The quantitative estimate of drug-likeness (QED) is 0.344. The highest BCUT2D eigenvalue weighted by atomic mass is 16.5. The molecule has 0 saturated carbocycles. The minimum Gasteiger partial charge on any atom is -0.468 e. The maximum atomic E-state index is 12.3. The summed E-state index contributed by atoms with van der Waals surface area (Å²) in [6.45, 7) is 5.71. The molecule has 0 spiro atoms. The van der Waals surface area contributed by atoms with Crippen molar-refractivity contribution in [3.8, 4) is 0 Å². The molecule has 21 heavy (non-hydrogen) atoms. The van der Waals surface area contributed by atoms with Crippen molar-refractivity contribution >= 4 is 17.7 Å². The van der Waals surface area contributed by atoms with E-state index in [0.717, 1.165) is 5.57 Å². The summed E-state index contributed by atoms with van der Waals surface area (Å²) in [7, 11) is 2.46. The highest BCUT2D eigenvalue weighted by Crippen LogP contribution is 2.35. The summed E-state index contributed by atoms with van der Waals surface area (Å²) >= 11 is 0. The first-order chi connectivity index (χ1) is 9.83. The molecule has 0 bridgehead atoms. The van der Waals surface area contributed by atoms with Gasteiger partial charge in [0.2, 0.25) is 0 Å². The second kappa shape index (κ2) is 7.20. The summed E-state index contributed by atoms with van der Waals surface area (Å²) in [6, 6.07) is 0. The zero-order valence-electron chi connectivity index (χ0n) is 13.2. The van der Waals surface area contributed by atoms with E-state index in [4.69, 9.17) is 0 Å². The molecule has 0 radical (unpaired) electrons. The molecular weight excluding hydrogens is 272 g/mol. The SMILES string of the molecule is COC(=O)C1=C(C)[C@H](CC=C(C)C)CC(C(=O)OC)C1=O. The van der Waals surface area contributed by atoms with Gasteiger partial charge >= 0.3 is 11.9 Å². The van der Waals surface area contributed by atoms with Crippen molar-refractivity contribution in [3.63, 3.8) is 0 Å². The lowest BCUT2D eigenvalue weighted by atomic mass is 9.75. The van der Waals surface area contributed by atoms with Crippen molar-refractivity contribution in [1.29, 1.82) is 0 Å². The van der Waals surface area contributed by atoms with Gasteiger partial charge in [-0.1, -0.05) is 17.2 Å². The van der Waals surface area contributed by atoms with Crippen molar-refractivity contribution in [2.45, 2.75) is 33.6 Å². The Morgan fingerprint density at radius 1 is 1.24 bits per heavy atom. The Kier molecular flexibility index (Phi) is 5.88. The van der Waals surface area contributed by atoms with Gasteiger partial charge in [0, 0.05) is 0 Å². The Hall–Kier alpha value is -1.91. The second-order valence-corrected chi connectivity index (χ2v) is 5.44. The topological polar surface area (TPSA) is 69.7 Å². The third-order valence-electron chi connectivity index (χ3n) is 3.78. The zero-order valence-corrected chi connectivity index (χ0v) is 13.2. The van der Waals surface area contributed by atoms with Crippen molar-refractivity contribution in [2.24, 2.45) is 11.8 Å². The van der Waals surface area contributed by atoms with Crippen molar-refractivity contribution < 1.29 is 23.9 Å². The third kappa shape index (κ3) is 3.80. The first-order valence-corrected chi connectivity index (χ1v) is 6.87. The second-order valence-electron chi connectivity index (χ2n) is 5.44. The Morgan fingerprint density at radius 2 is 1.86 bits per heavy atom. The summed E-state index contributed by atoms with van der Waals surface area (Å²) < 4.78 is 9.36. The van der Waals surface area contributed by atoms with Crippen molar-refractivity contribution in [3.05, 3.63) is 22.8 Å². The van der Waals surface area contributed by atoms with Crippen LogP contribution in [0, 0.1) is 11.8 Å². The number of carbonyl (C=O) groups excluding carboxylic acids is 3. The summed E-state index contributed by atoms with van der Waals surface area (Å²) in [5.41, 5.74) is 1.82. The standard InChI is InChI=1S/C16H22O5/c1-9(2)6-7-11-8-12(15(18)20-4)14(17)13(10(11)3)16(19)21-5/h6,11-12H,7-8H2,1-5H3/t11-,12?/m1/s1. The van der Waals surface area contributed by atoms with Gasteiger partial charge in [-0.3, -0.25) is 9.59 Å². The molecule has 0 aromatic carbocycles. The fourth-order valence-corrected chi connectivity index (χ4v) is 2.50. The van der Waals surface area contributed by atoms with Crippen LogP contribution in [-0.4, -0.2) is 31.9 Å². The molecule has 1 aliphatic rings. The molecule has 0 amide bonds. The van der Waals surface area contributed by atoms with Crippen LogP contribution in [-0.2, 0) is 23.9 Å². The predicted octanol–water partition coefficient (Wildman–Crippen LogP) is 2.21. The Bertz CT molecular complexity index is 509. The number of rotatable bonds is 4. The summed E-state index contributed by atoms with van der Waals surface area (Å²) in [5, 5.41) is 0. The largest absolute Gasteiger partial charge is 0.468 e. The smallest absolute Gasteiger partial charge is 0.341 e. The van der Waals surface area contributed by atoms with Crippen LogP contribution < -0.4 is 0 Å². The molecule has 0 aromatic heterocycles. The van der Waals surface area contributed by atoms with E-state index >= 15 is 0 Å². The molecule has 1 rings (SSSR count). The van der Waals surface area contributed by atoms with E-state index < -0.39 is 23.6 Å². The molecule has 5 heteroatoms. The molecular formula is C16H22O5. The van der Waals surface area contributed by atoms with E-state index in [2.05, 4.69) is 9.47 Å². The molecule has 5 nitrogen and oxygen atoms in total. The zero-order chi connectivity index (χ0) is 16.2. The number of hydrogen-bond donors (Lipinski definition) is 0. The molecule has 1 aliphatic carbocycles. The van der Waals surface area contributed by atoms with Gasteiger partial charge in [-0.05, 0) is 39.5 Å². The van der Waals surface area contributed by atoms with Gasteiger partial charge < -0.3 is 9.47 Å². The highest BCUT2D eigenvalue weighted by molar-refractivity contribution is 6.23. The van der Waals surface area contributed by atoms with Gasteiger partial charge in [-0.15, -0.1) is 0 Å². The number of methoxy groups -OCH3 is 2. The number of esters is 2. The number of hydrogen-bond acceptors (Lipinski definition) is 5. The first-order valence-electron chi connectivity index (χ1n) is 6.87. The van der Waals surface area contributed by atoms with E-state index in [1.165, 1.54) is 14.2 Å². The van der Waals surface area contributed by atoms with Gasteiger partial charge in [0.1, 0.15) is 11.5 Å². The molecule has 0 saturated heterocycles. The van der Waals surface area contributed by atoms with E-state index in [1.54, 1.807) is 6.92 Å². The summed E-state index contributed by atoms with van der Waals surface area (Å²) in [6.07, 6.45) is 3.07. The number of ketones is 1. The average molecular weight is 294 g/mol. The van der Waals surface area contributed by atoms with Crippen molar-refractivity contribution in [1.82, 2.24) is 0 Å². The number of allylic oxidation sites excluding steroid dienone is 3. The Balaban J connectivity index is 3.22. The number of ether oxygens (including phenoxy) is 2. The lowest BCUT2D eigenvalue weighted by Crippen LogP contribution is -2.36. The van der Waals surface area contributed by atoms with E-state index in [0.29, 0.717) is 18.4 Å². The fourth-order valence-electron chi connectivity index (χ4n) is 2.50. The molecule has 0 fully saturated rings. The van der Waals surface area contributed by atoms with Crippen LogP contribution in [0.1, 0.15) is 33.6 Å². The van der Waals surface area contributed by atoms with Gasteiger partial charge in [0.05, 0.1) is 14.2 Å². The maximum Gasteiger partial charge on any atom is 0.341 e. The summed E-state index contributed by atoms with van der Waals surface area (Å²) in [5.74, 6) is -2.76. The first kappa shape index (κ1) is 17.1. The van der Waals surface area contributed by atoms with Crippen LogP contribution in [0.3, 0.4) is 0 Å². The van der Waals surface area contributed by atoms with E-state index in [1.807, 2.05) is 19.9 Å².